The summed E-state index contributed by atoms with van der Waals surface area (Å²) in [4.78, 5) is 12.3. The Kier molecular flexibility index (Phi) is 6.75. The van der Waals surface area contributed by atoms with E-state index in [1.54, 1.807) is 0 Å². The second-order valence-electron chi connectivity index (χ2n) is 7.33. The average molecular weight is 387 g/mol. The third-order valence-corrected chi connectivity index (χ3v) is 5.37. The molecule has 0 aromatic heterocycles. The first kappa shape index (κ1) is 19.7. The van der Waals surface area contributed by atoms with E-state index in [2.05, 4.69) is 34.9 Å². The minimum Gasteiger partial charge on any atom is -0.489 e. The van der Waals surface area contributed by atoms with Crippen LogP contribution in [0.15, 0.2) is 54.6 Å². The molecule has 1 aliphatic heterocycles. The third kappa shape index (κ3) is 5.24. The fourth-order valence-corrected chi connectivity index (χ4v) is 3.69. The van der Waals surface area contributed by atoms with E-state index >= 15 is 0 Å². The van der Waals surface area contributed by atoms with E-state index < -0.39 is 0 Å². The Balaban J connectivity index is 0.00000210. The van der Waals surface area contributed by atoms with Crippen LogP contribution in [0.1, 0.15) is 36.3 Å². The van der Waals surface area contributed by atoms with Gasteiger partial charge in [0.25, 0.3) is 0 Å². The average Bonchev–Trinajstić information content (AvgIpc) is 3.32. The van der Waals surface area contributed by atoms with Gasteiger partial charge in [-0.05, 0) is 55.0 Å². The molecule has 2 fully saturated rings. The molecule has 144 valence electrons. The number of hydrogen-bond donors (Lipinski definition) is 2. The molecular weight excluding hydrogens is 360 g/mol. The summed E-state index contributed by atoms with van der Waals surface area (Å²) < 4.78 is 5.83. The summed E-state index contributed by atoms with van der Waals surface area (Å²) in [5, 5.41) is 6.53. The maximum atomic E-state index is 12.3. The summed E-state index contributed by atoms with van der Waals surface area (Å²) in [7, 11) is 0. The van der Waals surface area contributed by atoms with Crippen LogP contribution in [-0.4, -0.2) is 25.0 Å². The highest BCUT2D eigenvalue weighted by Crippen LogP contribution is 2.47. The van der Waals surface area contributed by atoms with Crippen molar-refractivity contribution in [3.05, 3.63) is 65.7 Å². The molecule has 5 heteroatoms. The Hall–Kier alpha value is -2.04. The first-order chi connectivity index (χ1) is 12.8. The molecule has 2 aromatic rings. The molecule has 3 atom stereocenters. The normalized spacial score (nSPS) is 23.3. The lowest BCUT2D eigenvalue weighted by Crippen LogP contribution is -2.37. The van der Waals surface area contributed by atoms with Crippen molar-refractivity contribution in [2.45, 2.75) is 37.8 Å². The summed E-state index contributed by atoms with van der Waals surface area (Å²) in [5.74, 6) is 1.56. The van der Waals surface area contributed by atoms with Crippen LogP contribution in [0.4, 0.5) is 0 Å². The smallest absolute Gasteiger partial charge is 0.223 e. The molecule has 1 amide bonds. The fourth-order valence-electron chi connectivity index (χ4n) is 3.69. The summed E-state index contributed by atoms with van der Waals surface area (Å²) in [6, 6.07) is 18.8. The van der Waals surface area contributed by atoms with E-state index in [1.807, 2.05) is 30.3 Å². The highest BCUT2D eigenvalue weighted by atomic mass is 35.5. The van der Waals surface area contributed by atoms with Gasteiger partial charge in [0.1, 0.15) is 12.4 Å². The molecule has 1 saturated carbocycles. The van der Waals surface area contributed by atoms with E-state index in [9.17, 15) is 4.79 Å². The van der Waals surface area contributed by atoms with E-state index in [1.165, 1.54) is 18.4 Å². The van der Waals surface area contributed by atoms with Gasteiger partial charge in [0.15, 0.2) is 0 Å². The molecule has 4 rings (SSSR count). The number of nitrogens with one attached hydrogen (secondary N) is 2. The van der Waals surface area contributed by atoms with Gasteiger partial charge in [-0.2, -0.15) is 0 Å². The lowest BCUT2D eigenvalue weighted by molar-refractivity contribution is -0.122. The van der Waals surface area contributed by atoms with Gasteiger partial charge < -0.3 is 15.4 Å². The molecule has 0 spiro atoms. The monoisotopic (exact) mass is 386 g/mol. The topological polar surface area (TPSA) is 50.4 Å². The van der Waals surface area contributed by atoms with Crippen molar-refractivity contribution in [2.75, 3.05) is 13.1 Å². The predicted octanol–water partition coefficient (Wildman–Crippen LogP) is 3.66. The Morgan fingerprint density at radius 2 is 1.89 bits per heavy atom. The van der Waals surface area contributed by atoms with Gasteiger partial charge in [-0.3, -0.25) is 4.79 Å². The molecule has 2 aliphatic rings. The Labute approximate surface area is 167 Å². The van der Waals surface area contributed by atoms with Crippen molar-refractivity contribution in [3.63, 3.8) is 0 Å². The molecule has 0 radical (unpaired) electrons. The number of benzene rings is 2. The van der Waals surface area contributed by atoms with Crippen molar-refractivity contribution in [1.29, 1.82) is 0 Å². The van der Waals surface area contributed by atoms with Crippen molar-refractivity contribution in [3.8, 4) is 5.75 Å². The van der Waals surface area contributed by atoms with Gasteiger partial charge in [0, 0.05) is 18.5 Å². The predicted molar refractivity (Wildman–Crippen MR) is 109 cm³/mol. The molecule has 3 unspecified atom stereocenters. The van der Waals surface area contributed by atoms with Crippen molar-refractivity contribution in [1.82, 2.24) is 10.6 Å². The zero-order valence-electron chi connectivity index (χ0n) is 15.4. The van der Waals surface area contributed by atoms with Crippen LogP contribution in [0.3, 0.4) is 0 Å². The van der Waals surface area contributed by atoms with Crippen LogP contribution in [0.5, 0.6) is 5.75 Å². The quantitative estimate of drug-likeness (QED) is 0.763. The highest BCUT2D eigenvalue weighted by Gasteiger charge is 2.43. The standard InChI is InChI=1S/C22H26N2O2.ClH/c25-22(24-14-18-7-4-12-23-18)21-13-20(21)17-8-10-19(11-9-17)26-15-16-5-2-1-3-6-16;/h1-3,5-6,8-11,18,20-21,23H,4,7,12-15H2,(H,24,25);1H. The second-order valence-corrected chi connectivity index (χ2v) is 7.33. The molecule has 2 aromatic carbocycles. The van der Waals surface area contributed by atoms with Gasteiger partial charge in [-0.15, -0.1) is 12.4 Å². The molecule has 1 saturated heterocycles. The van der Waals surface area contributed by atoms with Crippen LogP contribution < -0.4 is 15.4 Å². The number of carbonyl (C=O) groups is 1. The van der Waals surface area contributed by atoms with Gasteiger partial charge >= 0.3 is 0 Å². The van der Waals surface area contributed by atoms with E-state index in [4.69, 9.17) is 4.74 Å². The maximum absolute atomic E-state index is 12.3. The zero-order chi connectivity index (χ0) is 17.8. The highest BCUT2D eigenvalue weighted by molar-refractivity contribution is 5.85. The molecule has 4 nitrogen and oxygen atoms in total. The number of rotatable bonds is 7. The van der Waals surface area contributed by atoms with Gasteiger partial charge in [-0.1, -0.05) is 42.5 Å². The Morgan fingerprint density at radius 3 is 2.59 bits per heavy atom. The molecule has 27 heavy (non-hydrogen) atoms. The Bertz CT molecular complexity index is 730. The number of amides is 1. The van der Waals surface area contributed by atoms with Crippen LogP contribution in [0.2, 0.25) is 0 Å². The van der Waals surface area contributed by atoms with Crippen LogP contribution in [-0.2, 0) is 11.4 Å². The van der Waals surface area contributed by atoms with Crippen LogP contribution >= 0.6 is 12.4 Å². The fraction of sp³-hybridized carbons (Fsp3) is 0.409. The molecule has 1 heterocycles. The Morgan fingerprint density at radius 1 is 1.11 bits per heavy atom. The van der Waals surface area contributed by atoms with Crippen molar-refractivity contribution < 1.29 is 9.53 Å². The zero-order valence-corrected chi connectivity index (χ0v) is 16.2. The largest absolute Gasteiger partial charge is 0.489 e. The molecule has 0 bridgehead atoms. The summed E-state index contributed by atoms with van der Waals surface area (Å²) in [6.45, 7) is 2.41. The minimum absolute atomic E-state index is 0. The van der Waals surface area contributed by atoms with Gasteiger partial charge in [0.05, 0.1) is 0 Å². The number of carbonyl (C=O) groups excluding carboxylic acids is 1. The number of halogens is 1. The molecular formula is C22H27ClN2O2. The molecule has 1 aliphatic carbocycles. The lowest BCUT2D eigenvalue weighted by atomic mass is 10.1. The first-order valence-electron chi connectivity index (χ1n) is 9.57. The number of ether oxygens (including phenoxy) is 1. The summed E-state index contributed by atoms with van der Waals surface area (Å²) >= 11 is 0. The van der Waals surface area contributed by atoms with Crippen LogP contribution in [0.25, 0.3) is 0 Å². The SMILES string of the molecule is Cl.O=C(NCC1CCCN1)C1CC1c1ccc(OCc2ccccc2)cc1. The minimum atomic E-state index is 0. The van der Waals surface area contributed by atoms with Crippen molar-refractivity contribution >= 4 is 18.3 Å². The van der Waals surface area contributed by atoms with E-state index in [0.29, 0.717) is 18.6 Å². The maximum Gasteiger partial charge on any atom is 0.223 e. The molecule has 2 N–H and O–H groups in total. The van der Waals surface area contributed by atoms with Gasteiger partial charge in [0.2, 0.25) is 5.91 Å². The third-order valence-electron chi connectivity index (χ3n) is 5.37. The first-order valence-corrected chi connectivity index (χ1v) is 9.57. The summed E-state index contributed by atoms with van der Waals surface area (Å²) in [6.07, 6.45) is 3.33. The second kappa shape index (κ2) is 9.25. The lowest BCUT2D eigenvalue weighted by Gasteiger charge is -2.11. The van der Waals surface area contributed by atoms with E-state index in [-0.39, 0.29) is 24.2 Å². The van der Waals surface area contributed by atoms with E-state index in [0.717, 1.165) is 30.8 Å². The van der Waals surface area contributed by atoms with Gasteiger partial charge in [-0.25, -0.2) is 0 Å². The summed E-state index contributed by atoms with van der Waals surface area (Å²) in [5.41, 5.74) is 2.39. The number of hydrogen-bond acceptors (Lipinski definition) is 3. The van der Waals surface area contributed by atoms with Crippen LogP contribution in [0, 0.1) is 5.92 Å². The van der Waals surface area contributed by atoms with Crippen molar-refractivity contribution in [2.24, 2.45) is 5.92 Å².